The number of rotatable bonds is 6. The number of amides is 1. The Kier molecular flexibility index (Phi) is 7.62. The molecule has 1 saturated heterocycles. The van der Waals surface area contributed by atoms with Crippen LogP contribution in [0.2, 0.25) is 0 Å². The minimum Gasteiger partial charge on any atom is -0.369 e. The van der Waals surface area contributed by atoms with Crippen molar-refractivity contribution in [3.8, 4) is 33.5 Å². The summed E-state index contributed by atoms with van der Waals surface area (Å²) in [5, 5.41) is 5.56. The molecule has 6 rings (SSSR count). The third-order valence-electron chi connectivity index (χ3n) is 8.79. The van der Waals surface area contributed by atoms with Crippen LogP contribution in [-0.4, -0.2) is 70.8 Å². The predicted molar refractivity (Wildman–Crippen MR) is 177 cm³/mol. The molecular weight excluding hydrogens is 534 g/mol. The van der Waals surface area contributed by atoms with E-state index in [2.05, 4.69) is 77.2 Å². The van der Waals surface area contributed by atoms with Crippen LogP contribution in [0, 0.1) is 13.8 Å². The van der Waals surface area contributed by atoms with Crippen molar-refractivity contribution < 1.29 is 4.79 Å². The van der Waals surface area contributed by atoms with Crippen LogP contribution >= 0.6 is 0 Å². The molecule has 4 heterocycles. The van der Waals surface area contributed by atoms with Gasteiger partial charge in [0.1, 0.15) is 5.65 Å². The number of H-pyrrole nitrogens is 1. The molecule has 1 N–H and O–H groups in total. The van der Waals surface area contributed by atoms with E-state index in [1.807, 2.05) is 50.2 Å². The summed E-state index contributed by atoms with van der Waals surface area (Å²) < 4.78 is 1.89. The molecule has 8 heteroatoms. The summed E-state index contributed by atoms with van der Waals surface area (Å²) in [6.07, 6.45) is 7.21. The summed E-state index contributed by atoms with van der Waals surface area (Å²) in [7, 11) is 5.95. The Balaban J connectivity index is 1.52. The molecule has 8 nitrogen and oxygen atoms in total. The molecular formula is C35H39N7O. The molecule has 220 valence electrons. The average Bonchev–Trinajstić information content (AvgIpc) is 3.58. The van der Waals surface area contributed by atoms with Crippen molar-refractivity contribution in [1.29, 1.82) is 0 Å². The van der Waals surface area contributed by atoms with E-state index < -0.39 is 0 Å². The van der Waals surface area contributed by atoms with Gasteiger partial charge in [0.2, 0.25) is 5.91 Å². The number of pyridine rings is 1. The fourth-order valence-electron chi connectivity index (χ4n) is 6.00. The van der Waals surface area contributed by atoms with Crippen molar-refractivity contribution in [3.05, 3.63) is 84.3 Å². The maximum atomic E-state index is 12.7. The smallest absolute Gasteiger partial charge is 0.250 e. The minimum atomic E-state index is -0.0644. The van der Waals surface area contributed by atoms with Crippen molar-refractivity contribution >= 4 is 28.3 Å². The number of fused-ring (bicyclic) bond motifs is 1. The Labute approximate surface area is 253 Å². The summed E-state index contributed by atoms with van der Waals surface area (Å²) in [6, 6.07) is 17.0. The van der Waals surface area contributed by atoms with Gasteiger partial charge in [-0.15, -0.1) is 0 Å². The number of hydrogen-bond donors (Lipinski definition) is 1. The maximum absolute atomic E-state index is 12.7. The Morgan fingerprint density at radius 3 is 2.37 bits per heavy atom. The van der Waals surface area contributed by atoms with E-state index in [-0.39, 0.29) is 5.91 Å². The first-order chi connectivity index (χ1) is 20.8. The van der Waals surface area contributed by atoms with Gasteiger partial charge in [-0.1, -0.05) is 30.3 Å². The number of allylic oxidation sites excluding steroid dienone is 1. The minimum absolute atomic E-state index is 0.0644. The Bertz CT molecular complexity index is 1820. The van der Waals surface area contributed by atoms with Gasteiger partial charge in [0, 0.05) is 85.6 Å². The number of aromatic amines is 1. The molecule has 1 aliphatic rings. The van der Waals surface area contributed by atoms with Crippen molar-refractivity contribution in [3.63, 3.8) is 0 Å². The monoisotopic (exact) mass is 573 g/mol. The first-order valence-corrected chi connectivity index (χ1v) is 14.8. The third kappa shape index (κ3) is 5.23. The molecule has 0 unspecified atom stereocenters. The van der Waals surface area contributed by atoms with E-state index >= 15 is 0 Å². The molecule has 0 aliphatic carbocycles. The molecule has 0 spiro atoms. The van der Waals surface area contributed by atoms with E-state index in [0.717, 1.165) is 87.7 Å². The van der Waals surface area contributed by atoms with Crippen LogP contribution in [0.15, 0.2) is 73.1 Å². The van der Waals surface area contributed by atoms with Gasteiger partial charge >= 0.3 is 0 Å². The molecule has 0 radical (unpaired) electrons. The first-order valence-electron chi connectivity index (χ1n) is 14.8. The standard InChI is InChI=1S/C35H39N7O/c1-7-9-31(43)40(5)28-11-8-10-26(20-28)33-32-23(2)29(30-22-37-41(6)24(30)3)21-36-35(32)38-34(33)25-12-14-27(15-13-25)42-18-16-39(4)17-19-42/h7-15,20-22H,16-19H2,1-6H3,(H,36,38). The van der Waals surface area contributed by atoms with E-state index in [1.165, 1.54) is 5.69 Å². The molecule has 1 amide bonds. The Morgan fingerprint density at radius 1 is 0.953 bits per heavy atom. The lowest BCUT2D eigenvalue weighted by atomic mass is 9.93. The van der Waals surface area contributed by atoms with E-state index in [1.54, 1.807) is 17.1 Å². The Morgan fingerprint density at radius 2 is 1.70 bits per heavy atom. The number of aryl methyl sites for hydroxylation is 2. The normalized spacial score (nSPS) is 14.2. The summed E-state index contributed by atoms with van der Waals surface area (Å²) >= 11 is 0. The fraction of sp³-hybridized carbons (Fsp3) is 0.286. The average molecular weight is 574 g/mol. The van der Waals surface area contributed by atoms with Gasteiger partial charge < -0.3 is 19.7 Å². The molecule has 2 aromatic carbocycles. The van der Waals surface area contributed by atoms with Gasteiger partial charge in [-0.25, -0.2) is 4.98 Å². The molecule has 1 aliphatic heterocycles. The maximum Gasteiger partial charge on any atom is 0.250 e. The zero-order valence-electron chi connectivity index (χ0n) is 25.8. The molecule has 0 bridgehead atoms. The number of nitrogens with zero attached hydrogens (tertiary/aromatic N) is 6. The second kappa shape index (κ2) is 11.5. The van der Waals surface area contributed by atoms with Gasteiger partial charge in [-0.3, -0.25) is 9.48 Å². The van der Waals surface area contributed by atoms with Crippen molar-refractivity contribution in [2.24, 2.45) is 7.05 Å². The lowest BCUT2D eigenvalue weighted by Crippen LogP contribution is -2.44. The second-order valence-corrected chi connectivity index (χ2v) is 11.4. The zero-order valence-corrected chi connectivity index (χ0v) is 25.8. The summed E-state index contributed by atoms with van der Waals surface area (Å²) in [4.78, 5) is 27.8. The molecule has 1 fully saturated rings. The number of carbonyl (C=O) groups excluding carboxylic acids is 1. The highest BCUT2D eigenvalue weighted by Gasteiger charge is 2.22. The quantitative estimate of drug-likeness (QED) is 0.245. The zero-order chi connectivity index (χ0) is 30.2. The highest BCUT2D eigenvalue weighted by atomic mass is 16.2. The number of anilines is 2. The third-order valence-corrected chi connectivity index (χ3v) is 8.79. The fourth-order valence-corrected chi connectivity index (χ4v) is 6.00. The SMILES string of the molecule is CC=CC(=O)N(C)c1cccc(-c2c(-c3ccc(N4CCN(C)CC4)cc3)[nH]c3ncc(-c4cnn(C)c4C)c(C)c23)c1. The topological polar surface area (TPSA) is 73.3 Å². The van der Waals surface area contributed by atoms with Crippen LogP contribution in [-0.2, 0) is 11.8 Å². The van der Waals surface area contributed by atoms with Gasteiger partial charge in [0.25, 0.3) is 0 Å². The predicted octanol–water partition coefficient (Wildman–Crippen LogP) is 6.20. The van der Waals surface area contributed by atoms with Crippen LogP contribution in [0.25, 0.3) is 44.5 Å². The lowest BCUT2D eigenvalue weighted by molar-refractivity contribution is -0.113. The number of likely N-dealkylation sites (N-methyl/N-ethyl adjacent to an activating group) is 2. The van der Waals surface area contributed by atoms with Crippen molar-refractivity contribution in [2.75, 3.05) is 50.1 Å². The molecule has 0 saturated carbocycles. The van der Waals surface area contributed by atoms with Gasteiger partial charge in [0.15, 0.2) is 0 Å². The highest BCUT2D eigenvalue weighted by molar-refractivity contribution is 6.07. The van der Waals surface area contributed by atoms with E-state index in [9.17, 15) is 4.79 Å². The summed E-state index contributed by atoms with van der Waals surface area (Å²) in [6.45, 7) is 10.3. The van der Waals surface area contributed by atoms with Crippen LogP contribution < -0.4 is 9.80 Å². The van der Waals surface area contributed by atoms with Gasteiger partial charge in [0.05, 0.1) is 11.9 Å². The van der Waals surface area contributed by atoms with Crippen LogP contribution in [0.1, 0.15) is 18.2 Å². The number of nitrogens with one attached hydrogen (secondary N) is 1. The number of aromatic nitrogens is 4. The Hall–Kier alpha value is -4.69. The summed E-state index contributed by atoms with van der Waals surface area (Å²) in [5.74, 6) is -0.0644. The summed E-state index contributed by atoms with van der Waals surface area (Å²) in [5.41, 5.74) is 11.5. The van der Waals surface area contributed by atoms with Gasteiger partial charge in [-0.05, 0) is 74.9 Å². The number of carbonyl (C=O) groups is 1. The molecule has 43 heavy (non-hydrogen) atoms. The largest absolute Gasteiger partial charge is 0.369 e. The lowest BCUT2D eigenvalue weighted by Gasteiger charge is -2.34. The van der Waals surface area contributed by atoms with Crippen LogP contribution in [0.4, 0.5) is 11.4 Å². The number of benzene rings is 2. The number of hydrogen-bond acceptors (Lipinski definition) is 5. The van der Waals surface area contributed by atoms with E-state index in [0.29, 0.717) is 0 Å². The second-order valence-electron chi connectivity index (χ2n) is 11.4. The van der Waals surface area contributed by atoms with Crippen LogP contribution in [0.3, 0.4) is 0 Å². The molecule has 5 aromatic rings. The van der Waals surface area contributed by atoms with Crippen molar-refractivity contribution in [1.82, 2.24) is 24.6 Å². The first kappa shape index (κ1) is 28.4. The molecule has 3 aromatic heterocycles. The van der Waals surface area contributed by atoms with Crippen LogP contribution in [0.5, 0.6) is 0 Å². The molecule has 0 atom stereocenters. The number of piperazine rings is 1. The van der Waals surface area contributed by atoms with Crippen molar-refractivity contribution in [2.45, 2.75) is 20.8 Å². The van der Waals surface area contributed by atoms with Gasteiger partial charge in [-0.2, -0.15) is 5.10 Å². The highest BCUT2D eigenvalue weighted by Crippen LogP contribution is 2.43. The van der Waals surface area contributed by atoms with E-state index in [4.69, 9.17) is 4.98 Å².